The number of H-pyrrole nitrogens is 1. The molecule has 5 heteroatoms. The predicted molar refractivity (Wildman–Crippen MR) is 73.4 cm³/mol. The van der Waals surface area contributed by atoms with Gasteiger partial charge >= 0.3 is 5.97 Å². The molecule has 4 N–H and O–H groups in total. The van der Waals surface area contributed by atoms with Crippen LogP contribution in [-0.2, 0) is 4.79 Å². The van der Waals surface area contributed by atoms with Gasteiger partial charge in [-0.3, -0.25) is 4.79 Å². The topological polar surface area (TPSA) is 88.3 Å². The number of aliphatic carboxylic acids is 1. The molecule has 0 radical (unpaired) electrons. The number of benzene rings is 1. The highest BCUT2D eigenvalue weighted by Crippen LogP contribution is 2.29. The van der Waals surface area contributed by atoms with Crippen LogP contribution in [0.15, 0.2) is 18.2 Å². The molecule has 5 nitrogen and oxygen atoms in total. The molecule has 1 aromatic heterocycles. The van der Waals surface area contributed by atoms with Crippen LogP contribution in [0.5, 0.6) is 5.75 Å². The van der Waals surface area contributed by atoms with Gasteiger partial charge in [-0.15, -0.1) is 0 Å². The van der Waals surface area contributed by atoms with E-state index in [9.17, 15) is 4.79 Å². The average molecular weight is 262 g/mol. The molecule has 0 aliphatic heterocycles. The van der Waals surface area contributed by atoms with Crippen molar-refractivity contribution in [1.82, 2.24) is 4.98 Å². The smallest absolute Gasteiger partial charge is 0.303 e. The molecule has 1 unspecified atom stereocenters. The minimum Gasteiger partial charge on any atom is -0.497 e. The summed E-state index contributed by atoms with van der Waals surface area (Å²) in [6, 6.07) is 5.48. The molecule has 0 saturated heterocycles. The van der Waals surface area contributed by atoms with Crippen LogP contribution < -0.4 is 10.5 Å². The third-order valence-electron chi connectivity index (χ3n) is 3.34. The number of carboxylic acids is 1. The summed E-state index contributed by atoms with van der Waals surface area (Å²) < 4.78 is 5.20. The molecule has 0 saturated carbocycles. The van der Waals surface area contributed by atoms with Crippen LogP contribution in [0.2, 0.25) is 0 Å². The second kappa shape index (κ2) is 5.32. The Labute approximate surface area is 111 Å². The van der Waals surface area contributed by atoms with Crippen LogP contribution in [0.4, 0.5) is 0 Å². The standard InChI is InChI=1S/C14H18N2O3/c1-8-10-7-9(19-2)3-5-12(10)16-14(8)11(15)4-6-13(17)18/h3,5,7,11,16H,4,6,15H2,1-2H3,(H,17,18). The first-order valence-electron chi connectivity index (χ1n) is 6.16. The maximum absolute atomic E-state index is 10.6. The lowest BCUT2D eigenvalue weighted by molar-refractivity contribution is -0.137. The van der Waals surface area contributed by atoms with E-state index in [0.29, 0.717) is 6.42 Å². The second-order valence-electron chi connectivity index (χ2n) is 4.61. The number of fused-ring (bicyclic) bond motifs is 1. The normalized spacial score (nSPS) is 12.6. The van der Waals surface area contributed by atoms with Crippen LogP contribution in [0, 0.1) is 6.92 Å². The molecule has 102 valence electrons. The number of aromatic nitrogens is 1. The Hall–Kier alpha value is -2.01. The SMILES string of the molecule is COc1ccc2[nH]c(C(N)CCC(=O)O)c(C)c2c1. The maximum atomic E-state index is 10.6. The molecule has 0 bridgehead atoms. The van der Waals surface area contributed by atoms with E-state index >= 15 is 0 Å². The summed E-state index contributed by atoms with van der Waals surface area (Å²) in [5.74, 6) is -0.0360. The molecular formula is C14H18N2O3. The zero-order valence-electron chi connectivity index (χ0n) is 11.1. The average Bonchev–Trinajstić information content (AvgIpc) is 2.73. The number of nitrogens with two attached hydrogens (primary N) is 1. The number of aryl methyl sites for hydroxylation is 1. The lowest BCUT2D eigenvalue weighted by Crippen LogP contribution is -2.13. The summed E-state index contributed by atoms with van der Waals surface area (Å²) in [6.07, 6.45) is 0.486. The van der Waals surface area contributed by atoms with Crippen LogP contribution >= 0.6 is 0 Å². The van der Waals surface area contributed by atoms with Crippen LogP contribution in [0.3, 0.4) is 0 Å². The van der Waals surface area contributed by atoms with Crippen molar-refractivity contribution in [3.63, 3.8) is 0 Å². The van der Waals surface area contributed by atoms with Gasteiger partial charge in [0.05, 0.1) is 7.11 Å². The highest BCUT2D eigenvalue weighted by molar-refractivity contribution is 5.86. The van der Waals surface area contributed by atoms with Crippen molar-refractivity contribution in [3.05, 3.63) is 29.5 Å². The molecule has 1 atom stereocenters. The fourth-order valence-corrected chi connectivity index (χ4v) is 2.25. The van der Waals surface area contributed by atoms with E-state index in [1.807, 2.05) is 25.1 Å². The van der Waals surface area contributed by atoms with E-state index in [-0.39, 0.29) is 12.5 Å². The summed E-state index contributed by atoms with van der Waals surface area (Å²) in [7, 11) is 1.63. The quantitative estimate of drug-likeness (QED) is 0.771. The fraction of sp³-hybridized carbons (Fsp3) is 0.357. The minimum atomic E-state index is -0.828. The van der Waals surface area contributed by atoms with Gasteiger partial charge in [-0.1, -0.05) is 0 Å². The van der Waals surface area contributed by atoms with Gasteiger partial charge in [0.25, 0.3) is 0 Å². The molecule has 0 spiro atoms. The number of aromatic amines is 1. The number of carbonyl (C=O) groups is 1. The largest absolute Gasteiger partial charge is 0.497 e. The van der Waals surface area contributed by atoms with Crippen LogP contribution in [-0.4, -0.2) is 23.2 Å². The number of hydrogen-bond acceptors (Lipinski definition) is 3. The molecule has 0 amide bonds. The summed E-state index contributed by atoms with van der Waals surface area (Å²) in [5.41, 5.74) is 8.98. The molecule has 0 aliphatic carbocycles. The maximum Gasteiger partial charge on any atom is 0.303 e. The minimum absolute atomic E-state index is 0.0687. The number of nitrogens with one attached hydrogen (secondary N) is 1. The van der Waals surface area contributed by atoms with E-state index in [2.05, 4.69) is 4.98 Å². The highest BCUT2D eigenvalue weighted by atomic mass is 16.5. The van der Waals surface area contributed by atoms with Gasteiger partial charge in [0.15, 0.2) is 0 Å². The molecule has 19 heavy (non-hydrogen) atoms. The van der Waals surface area contributed by atoms with Crippen molar-refractivity contribution in [2.75, 3.05) is 7.11 Å². The first kappa shape index (κ1) is 13.4. The van der Waals surface area contributed by atoms with Crippen molar-refractivity contribution >= 4 is 16.9 Å². The summed E-state index contributed by atoms with van der Waals surface area (Å²) in [5, 5.41) is 9.76. The number of rotatable bonds is 5. The Morgan fingerprint density at radius 2 is 2.26 bits per heavy atom. The zero-order valence-corrected chi connectivity index (χ0v) is 11.1. The van der Waals surface area contributed by atoms with Gasteiger partial charge in [-0.25, -0.2) is 0 Å². The molecule has 1 heterocycles. The Morgan fingerprint density at radius 1 is 1.53 bits per heavy atom. The van der Waals surface area contributed by atoms with Crippen molar-refractivity contribution in [3.8, 4) is 5.75 Å². The van der Waals surface area contributed by atoms with Gasteiger partial charge in [0.2, 0.25) is 0 Å². The van der Waals surface area contributed by atoms with Crippen LogP contribution in [0.1, 0.15) is 30.1 Å². The number of carboxylic acid groups (broad SMARTS) is 1. The van der Waals surface area contributed by atoms with Gasteiger partial charge < -0.3 is 20.6 Å². The third kappa shape index (κ3) is 2.71. The summed E-state index contributed by atoms with van der Waals surface area (Å²) >= 11 is 0. The highest BCUT2D eigenvalue weighted by Gasteiger charge is 2.15. The van der Waals surface area contributed by atoms with Crippen molar-refractivity contribution in [2.24, 2.45) is 5.73 Å². The molecule has 0 fully saturated rings. The molecule has 2 rings (SSSR count). The molecule has 0 aliphatic rings. The number of hydrogen-bond donors (Lipinski definition) is 3. The van der Waals surface area contributed by atoms with E-state index < -0.39 is 5.97 Å². The Morgan fingerprint density at radius 3 is 2.89 bits per heavy atom. The lowest BCUT2D eigenvalue weighted by atomic mass is 10.0. The summed E-state index contributed by atoms with van der Waals surface area (Å²) in [4.78, 5) is 13.9. The first-order valence-corrected chi connectivity index (χ1v) is 6.16. The number of ether oxygens (including phenoxy) is 1. The summed E-state index contributed by atoms with van der Waals surface area (Å²) in [6.45, 7) is 1.98. The van der Waals surface area contributed by atoms with Crippen LogP contribution in [0.25, 0.3) is 10.9 Å². The third-order valence-corrected chi connectivity index (χ3v) is 3.34. The Balaban J connectivity index is 2.33. The van der Waals surface area contributed by atoms with Gasteiger partial charge in [0, 0.05) is 29.1 Å². The molecular weight excluding hydrogens is 244 g/mol. The van der Waals surface area contributed by atoms with E-state index in [0.717, 1.165) is 27.9 Å². The first-order chi connectivity index (χ1) is 9.02. The molecule has 2 aromatic rings. The molecule has 1 aromatic carbocycles. The van der Waals surface area contributed by atoms with Crippen molar-refractivity contribution in [1.29, 1.82) is 0 Å². The Kier molecular flexibility index (Phi) is 3.76. The number of methoxy groups -OCH3 is 1. The Bertz CT molecular complexity index is 604. The monoisotopic (exact) mass is 262 g/mol. The van der Waals surface area contributed by atoms with Gasteiger partial charge in [0.1, 0.15) is 5.75 Å². The lowest BCUT2D eigenvalue weighted by Gasteiger charge is -2.09. The van der Waals surface area contributed by atoms with E-state index in [1.54, 1.807) is 7.11 Å². The van der Waals surface area contributed by atoms with E-state index in [4.69, 9.17) is 15.6 Å². The van der Waals surface area contributed by atoms with Gasteiger partial charge in [-0.2, -0.15) is 0 Å². The zero-order chi connectivity index (χ0) is 14.0. The predicted octanol–water partition coefficient (Wildman–Crippen LogP) is 2.35. The van der Waals surface area contributed by atoms with Gasteiger partial charge in [-0.05, 0) is 37.1 Å². The fourth-order valence-electron chi connectivity index (χ4n) is 2.25. The second-order valence-corrected chi connectivity index (χ2v) is 4.61. The van der Waals surface area contributed by atoms with Crippen molar-refractivity contribution < 1.29 is 14.6 Å². The van der Waals surface area contributed by atoms with E-state index in [1.165, 1.54) is 0 Å². The van der Waals surface area contributed by atoms with Crippen molar-refractivity contribution in [2.45, 2.75) is 25.8 Å².